The van der Waals surface area contributed by atoms with Crippen LogP contribution in [0.2, 0.25) is 0 Å². The summed E-state index contributed by atoms with van der Waals surface area (Å²) in [5.41, 5.74) is 0. The van der Waals surface area contributed by atoms with E-state index in [1.54, 1.807) is 6.20 Å². The van der Waals surface area contributed by atoms with Crippen LogP contribution in [-0.2, 0) is 0 Å². The lowest BCUT2D eigenvalue weighted by molar-refractivity contribution is 0.272. The first-order chi connectivity index (χ1) is 7.90. The van der Waals surface area contributed by atoms with Crippen molar-refractivity contribution in [2.45, 2.75) is 25.7 Å². The number of anilines is 1. The molecule has 1 saturated carbocycles. The van der Waals surface area contributed by atoms with Crippen LogP contribution in [0, 0.1) is 11.8 Å². The van der Waals surface area contributed by atoms with Crippen LogP contribution >= 0.6 is 11.6 Å². The van der Waals surface area contributed by atoms with Crippen molar-refractivity contribution in [1.82, 2.24) is 10.2 Å². The highest BCUT2D eigenvalue weighted by Gasteiger charge is 2.23. The summed E-state index contributed by atoms with van der Waals surface area (Å²) in [6.07, 6.45) is 6.91. The van der Waals surface area contributed by atoms with Crippen LogP contribution in [-0.4, -0.2) is 22.6 Å². The standard InChI is InChI=1S/C12H18ClN3/c13-8-10-4-1-2-5-11(10)9-14-12-6-3-7-15-16-12/h3,6-7,10-11H,1-2,4-5,8-9H2,(H,14,16). The van der Waals surface area contributed by atoms with Gasteiger partial charge in [0.25, 0.3) is 0 Å². The summed E-state index contributed by atoms with van der Waals surface area (Å²) >= 11 is 6.00. The molecule has 1 fully saturated rings. The van der Waals surface area contributed by atoms with Crippen LogP contribution in [0.4, 0.5) is 5.82 Å². The fraction of sp³-hybridized carbons (Fsp3) is 0.667. The summed E-state index contributed by atoms with van der Waals surface area (Å²) in [6, 6.07) is 3.85. The highest BCUT2D eigenvalue weighted by atomic mass is 35.5. The van der Waals surface area contributed by atoms with Crippen LogP contribution in [0.15, 0.2) is 18.3 Å². The Labute approximate surface area is 102 Å². The van der Waals surface area contributed by atoms with Gasteiger partial charge in [-0.2, -0.15) is 5.10 Å². The van der Waals surface area contributed by atoms with E-state index in [2.05, 4.69) is 15.5 Å². The van der Waals surface area contributed by atoms with Gasteiger partial charge in [-0.3, -0.25) is 0 Å². The molecule has 0 bridgehead atoms. The van der Waals surface area contributed by atoms with Gasteiger partial charge in [0, 0.05) is 18.6 Å². The second-order valence-corrected chi connectivity index (χ2v) is 4.76. The molecule has 1 aromatic rings. The van der Waals surface area contributed by atoms with Crippen molar-refractivity contribution in [1.29, 1.82) is 0 Å². The Morgan fingerprint density at radius 3 is 2.81 bits per heavy atom. The molecule has 2 unspecified atom stereocenters. The Morgan fingerprint density at radius 1 is 1.31 bits per heavy atom. The molecule has 2 atom stereocenters. The maximum absolute atomic E-state index is 6.00. The molecule has 0 amide bonds. The van der Waals surface area contributed by atoms with E-state index in [0.717, 1.165) is 18.2 Å². The summed E-state index contributed by atoms with van der Waals surface area (Å²) in [6.45, 7) is 0.968. The maximum atomic E-state index is 6.00. The van der Waals surface area contributed by atoms with E-state index < -0.39 is 0 Å². The molecule has 0 aliphatic heterocycles. The second kappa shape index (κ2) is 6.04. The lowest BCUT2D eigenvalue weighted by Crippen LogP contribution is -2.27. The molecule has 88 valence electrons. The predicted molar refractivity (Wildman–Crippen MR) is 66.7 cm³/mol. The largest absolute Gasteiger partial charge is 0.368 e. The fourth-order valence-electron chi connectivity index (χ4n) is 2.39. The molecule has 1 N–H and O–H groups in total. The average molecular weight is 240 g/mol. The first-order valence-electron chi connectivity index (χ1n) is 5.97. The third kappa shape index (κ3) is 3.08. The zero-order chi connectivity index (χ0) is 11.2. The van der Waals surface area contributed by atoms with E-state index in [1.807, 2.05) is 12.1 Å². The van der Waals surface area contributed by atoms with Crippen molar-refractivity contribution in [2.75, 3.05) is 17.7 Å². The van der Waals surface area contributed by atoms with E-state index >= 15 is 0 Å². The number of hydrogen-bond donors (Lipinski definition) is 1. The van der Waals surface area contributed by atoms with Crippen LogP contribution in [0.1, 0.15) is 25.7 Å². The number of nitrogens with zero attached hydrogens (tertiary/aromatic N) is 2. The number of rotatable bonds is 4. The summed E-state index contributed by atoms with van der Waals surface area (Å²) in [5.74, 6) is 3.00. The monoisotopic (exact) mass is 239 g/mol. The smallest absolute Gasteiger partial charge is 0.148 e. The first-order valence-corrected chi connectivity index (χ1v) is 6.51. The number of halogens is 1. The molecule has 4 heteroatoms. The van der Waals surface area contributed by atoms with Crippen molar-refractivity contribution >= 4 is 17.4 Å². The highest BCUT2D eigenvalue weighted by Crippen LogP contribution is 2.30. The van der Waals surface area contributed by atoms with E-state index in [0.29, 0.717) is 11.8 Å². The van der Waals surface area contributed by atoms with E-state index in [-0.39, 0.29) is 0 Å². The average Bonchev–Trinajstić information content (AvgIpc) is 2.38. The summed E-state index contributed by atoms with van der Waals surface area (Å²) in [7, 11) is 0. The quantitative estimate of drug-likeness (QED) is 0.821. The molecule has 1 aliphatic rings. The van der Waals surface area contributed by atoms with Crippen molar-refractivity contribution in [3.05, 3.63) is 18.3 Å². The Balaban J connectivity index is 1.84. The first kappa shape index (κ1) is 11.6. The van der Waals surface area contributed by atoms with Crippen LogP contribution in [0.5, 0.6) is 0 Å². The van der Waals surface area contributed by atoms with Crippen molar-refractivity contribution in [3.8, 4) is 0 Å². The lowest BCUT2D eigenvalue weighted by atomic mass is 9.80. The topological polar surface area (TPSA) is 37.8 Å². The third-order valence-electron chi connectivity index (χ3n) is 3.38. The van der Waals surface area contributed by atoms with Gasteiger partial charge in [-0.15, -0.1) is 16.7 Å². The molecule has 2 rings (SSSR count). The lowest BCUT2D eigenvalue weighted by Gasteiger charge is -2.30. The SMILES string of the molecule is ClCC1CCCCC1CNc1cccnn1. The normalized spacial score (nSPS) is 25.3. The van der Waals surface area contributed by atoms with Gasteiger partial charge in [0.05, 0.1) is 0 Å². The molecule has 3 nitrogen and oxygen atoms in total. The minimum absolute atomic E-state index is 0.666. The summed E-state index contributed by atoms with van der Waals surface area (Å²) < 4.78 is 0. The molecule has 0 radical (unpaired) electrons. The maximum Gasteiger partial charge on any atom is 0.148 e. The zero-order valence-corrected chi connectivity index (χ0v) is 10.2. The second-order valence-electron chi connectivity index (χ2n) is 4.45. The minimum atomic E-state index is 0.666. The van der Waals surface area contributed by atoms with Gasteiger partial charge in [-0.25, -0.2) is 0 Å². The van der Waals surface area contributed by atoms with Crippen molar-refractivity contribution in [2.24, 2.45) is 11.8 Å². The van der Waals surface area contributed by atoms with E-state index in [9.17, 15) is 0 Å². The number of alkyl halides is 1. The molecule has 1 aromatic heterocycles. The fourth-order valence-corrected chi connectivity index (χ4v) is 2.79. The summed E-state index contributed by atoms with van der Waals surface area (Å²) in [4.78, 5) is 0. The van der Waals surface area contributed by atoms with Gasteiger partial charge >= 0.3 is 0 Å². The highest BCUT2D eigenvalue weighted by molar-refractivity contribution is 6.18. The molecule has 1 aliphatic carbocycles. The summed E-state index contributed by atoms with van der Waals surface area (Å²) in [5, 5.41) is 11.2. The molecule has 0 saturated heterocycles. The zero-order valence-electron chi connectivity index (χ0n) is 9.40. The van der Waals surface area contributed by atoms with E-state index in [4.69, 9.17) is 11.6 Å². The Hall–Kier alpha value is -0.830. The molecule has 0 spiro atoms. The van der Waals surface area contributed by atoms with Gasteiger partial charge in [-0.05, 0) is 36.8 Å². The van der Waals surface area contributed by atoms with Crippen molar-refractivity contribution < 1.29 is 0 Å². The van der Waals surface area contributed by atoms with Gasteiger partial charge < -0.3 is 5.32 Å². The predicted octanol–water partition coefficient (Wildman–Crippen LogP) is 2.93. The van der Waals surface area contributed by atoms with Crippen LogP contribution in [0.25, 0.3) is 0 Å². The number of hydrogen-bond acceptors (Lipinski definition) is 3. The van der Waals surface area contributed by atoms with Crippen molar-refractivity contribution in [3.63, 3.8) is 0 Å². The molecular weight excluding hydrogens is 222 g/mol. The van der Waals surface area contributed by atoms with Crippen LogP contribution in [0.3, 0.4) is 0 Å². The third-order valence-corrected chi connectivity index (χ3v) is 3.78. The van der Waals surface area contributed by atoms with E-state index in [1.165, 1.54) is 25.7 Å². The van der Waals surface area contributed by atoms with Gasteiger partial charge in [0.2, 0.25) is 0 Å². The molecule has 1 heterocycles. The van der Waals surface area contributed by atoms with Crippen LogP contribution < -0.4 is 5.32 Å². The minimum Gasteiger partial charge on any atom is -0.368 e. The number of nitrogens with one attached hydrogen (secondary N) is 1. The molecular formula is C12H18ClN3. The molecule has 0 aromatic carbocycles. The Morgan fingerprint density at radius 2 is 2.12 bits per heavy atom. The molecule has 16 heavy (non-hydrogen) atoms. The Bertz CT molecular complexity index is 304. The van der Waals surface area contributed by atoms with Gasteiger partial charge in [0.1, 0.15) is 5.82 Å². The van der Waals surface area contributed by atoms with Gasteiger partial charge in [0.15, 0.2) is 0 Å². The Kier molecular flexibility index (Phi) is 4.40. The number of aromatic nitrogens is 2. The van der Waals surface area contributed by atoms with Gasteiger partial charge in [-0.1, -0.05) is 12.8 Å².